The molecule has 1 unspecified atom stereocenters. The molecule has 38 heavy (non-hydrogen) atoms. The Morgan fingerprint density at radius 1 is 1.21 bits per heavy atom. The van der Waals surface area contributed by atoms with E-state index in [-0.39, 0.29) is 48.5 Å². The largest absolute Gasteiger partial charge is 0.489 e. The number of primary amides is 1. The predicted molar refractivity (Wildman–Crippen MR) is 127 cm³/mol. The lowest BCUT2D eigenvalue weighted by Gasteiger charge is -2.38. The number of halogens is 2. The number of hydrogen-bond donors (Lipinski definition) is 2. The Kier molecular flexibility index (Phi) is 7.99. The highest BCUT2D eigenvalue weighted by Crippen LogP contribution is 2.37. The van der Waals surface area contributed by atoms with Gasteiger partial charge in [0.15, 0.2) is 23.0 Å². The van der Waals surface area contributed by atoms with Crippen LogP contribution in [0.5, 0.6) is 11.5 Å². The number of rotatable bonds is 9. The summed E-state index contributed by atoms with van der Waals surface area (Å²) < 4.78 is 46.6. The minimum Gasteiger partial charge on any atom is -0.489 e. The van der Waals surface area contributed by atoms with Crippen molar-refractivity contribution in [2.75, 3.05) is 33.4 Å². The highest BCUT2D eigenvalue weighted by atomic mass is 19.3. The van der Waals surface area contributed by atoms with Crippen LogP contribution >= 0.6 is 0 Å². The molecule has 0 radical (unpaired) electrons. The van der Waals surface area contributed by atoms with E-state index in [9.17, 15) is 23.2 Å². The van der Waals surface area contributed by atoms with Crippen LogP contribution in [0.3, 0.4) is 0 Å². The Bertz CT molecular complexity index is 1200. The number of nitrogens with two attached hydrogens (primary N) is 2. The Morgan fingerprint density at radius 3 is 2.55 bits per heavy atom. The van der Waals surface area contributed by atoms with Crippen molar-refractivity contribution in [3.63, 3.8) is 0 Å². The van der Waals surface area contributed by atoms with Gasteiger partial charge in [-0.25, -0.2) is 9.78 Å². The van der Waals surface area contributed by atoms with Crippen molar-refractivity contribution < 1.29 is 41.8 Å². The average Bonchev–Trinajstić information content (AvgIpc) is 3.61. The second-order valence-electron chi connectivity index (χ2n) is 9.15. The quantitative estimate of drug-likeness (QED) is 0.488. The summed E-state index contributed by atoms with van der Waals surface area (Å²) >= 11 is 0. The van der Waals surface area contributed by atoms with Crippen LogP contribution in [0.25, 0.3) is 11.5 Å². The van der Waals surface area contributed by atoms with Crippen LogP contribution in [0.4, 0.5) is 13.6 Å². The zero-order valence-corrected chi connectivity index (χ0v) is 20.9. The second-order valence-corrected chi connectivity index (χ2v) is 9.15. The Morgan fingerprint density at radius 2 is 1.95 bits per heavy atom. The molecule has 2 aliphatic rings. The molecule has 1 aromatic heterocycles. The van der Waals surface area contributed by atoms with Crippen molar-refractivity contribution in [3.8, 4) is 23.0 Å². The summed E-state index contributed by atoms with van der Waals surface area (Å²) in [6.07, 6.45) is 1.34. The molecule has 4 N–H and O–H groups in total. The number of carbonyl (C=O) groups excluding carboxylic acids is 3. The van der Waals surface area contributed by atoms with Gasteiger partial charge in [-0.3, -0.25) is 9.59 Å². The van der Waals surface area contributed by atoms with E-state index < -0.39 is 36.6 Å². The lowest BCUT2D eigenvalue weighted by atomic mass is 10.1. The second kappa shape index (κ2) is 11.2. The summed E-state index contributed by atoms with van der Waals surface area (Å²) in [6.45, 7) is -1.17. The number of benzene rings is 1. The summed E-state index contributed by atoms with van der Waals surface area (Å²) in [5.41, 5.74) is 11.8. The van der Waals surface area contributed by atoms with Crippen molar-refractivity contribution in [2.24, 2.45) is 17.4 Å². The topological polar surface area (TPSA) is 163 Å². The van der Waals surface area contributed by atoms with E-state index in [1.165, 1.54) is 35.1 Å². The van der Waals surface area contributed by atoms with Crippen molar-refractivity contribution in [2.45, 2.75) is 38.5 Å². The van der Waals surface area contributed by atoms with Crippen LogP contribution in [0.2, 0.25) is 0 Å². The number of hydrogen-bond acceptors (Lipinski definition) is 9. The molecule has 0 bridgehead atoms. The number of aromatic nitrogens is 1. The van der Waals surface area contributed by atoms with E-state index in [0.29, 0.717) is 18.1 Å². The fourth-order valence-corrected chi connectivity index (χ4v) is 4.06. The van der Waals surface area contributed by atoms with E-state index >= 15 is 0 Å². The molecule has 3 amide bonds. The molecule has 12 nitrogen and oxygen atoms in total. The molecular weight excluding hydrogens is 508 g/mol. The van der Waals surface area contributed by atoms with Gasteiger partial charge < -0.3 is 39.9 Å². The van der Waals surface area contributed by atoms with Crippen molar-refractivity contribution in [3.05, 3.63) is 29.7 Å². The van der Waals surface area contributed by atoms with Crippen molar-refractivity contribution >= 4 is 17.9 Å². The van der Waals surface area contributed by atoms with E-state index in [0.717, 1.165) is 12.8 Å². The third-order valence-corrected chi connectivity index (χ3v) is 6.25. The molecule has 4 rings (SSSR count). The molecule has 1 aliphatic heterocycles. The van der Waals surface area contributed by atoms with Gasteiger partial charge in [0.2, 0.25) is 11.8 Å². The Labute approximate surface area is 216 Å². The van der Waals surface area contributed by atoms with Crippen LogP contribution in [0, 0.1) is 5.92 Å². The standard InChI is InChI=1S/C24H29F2N5O7/c1-12(27)19-18(22(33)31-8-7-30(24(34)35-2)10-15(31)20(28)32)29-21(38-19)14-5-6-16(37-23(25)26)17(9-14)36-11-13-3-4-13/h5-6,9,12-13,15,23H,3-4,7-8,10-11,27H2,1-2H3,(H2,28,32)/t12-,15?/m0/s1. The first-order valence-electron chi connectivity index (χ1n) is 12.0. The number of methoxy groups -OCH3 is 1. The maximum Gasteiger partial charge on any atom is 0.409 e. The minimum atomic E-state index is -3.04. The SMILES string of the molecule is COC(=O)N1CCN(C(=O)c2nc(-c3ccc(OC(F)F)c(OCC4CC4)c3)oc2[C@H](C)N)C(C(N)=O)C1. The summed E-state index contributed by atoms with van der Waals surface area (Å²) in [4.78, 5) is 44.4. The van der Waals surface area contributed by atoms with Gasteiger partial charge in [-0.15, -0.1) is 0 Å². The molecule has 206 valence electrons. The maximum absolute atomic E-state index is 13.5. The van der Waals surface area contributed by atoms with E-state index in [4.69, 9.17) is 25.4 Å². The molecule has 0 spiro atoms. The van der Waals surface area contributed by atoms with Crippen LogP contribution in [-0.2, 0) is 9.53 Å². The summed E-state index contributed by atoms with van der Waals surface area (Å²) in [7, 11) is 1.21. The van der Waals surface area contributed by atoms with Crippen LogP contribution in [0.1, 0.15) is 42.1 Å². The number of alkyl halides is 2. The number of amides is 3. The number of ether oxygens (including phenoxy) is 3. The molecule has 1 saturated heterocycles. The zero-order valence-electron chi connectivity index (χ0n) is 20.9. The smallest absolute Gasteiger partial charge is 0.409 e. The highest BCUT2D eigenvalue weighted by Gasteiger charge is 2.39. The summed E-state index contributed by atoms with van der Waals surface area (Å²) in [6, 6.07) is 2.28. The fourth-order valence-electron chi connectivity index (χ4n) is 4.06. The lowest BCUT2D eigenvalue weighted by Crippen LogP contribution is -2.61. The van der Waals surface area contributed by atoms with Gasteiger partial charge in [-0.1, -0.05) is 0 Å². The van der Waals surface area contributed by atoms with Gasteiger partial charge in [-0.2, -0.15) is 8.78 Å². The molecule has 14 heteroatoms. The van der Waals surface area contributed by atoms with Crippen molar-refractivity contribution in [1.82, 2.24) is 14.8 Å². The molecule has 2 aromatic rings. The Hall–Kier alpha value is -3.94. The average molecular weight is 538 g/mol. The third kappa shape index (κ3) is 5.96. The van der Waals surface area contributed by atoms with Gasteiger partial charge in [0.1, 0.15) is 6.04 Å². The van der Waals surface area contributed by atoms with E-state index in [1.807, 2.05) is 0 Å². The number of piperazine rings is 1. The monoisotopic (exact) mass is 537 g/mol. The highest BCUT2D eigenvalue weighted by molar-refractivity contribution is 5.97. The first-order chi connectivity index (χ1) is 18.1. The molecule has 1 saturated carbocycles. The van der Waals surface area contributed by atoms with Crippen LogP contribution in [0.15, 0.2) is 22.6 Å². The minimum absolute atomic E-state index is 0.00987. The molecule has 2 heterocycles. The van der Waals surface area contributed by atoms with Crippen molar-refractivity contribution in [1.29, 1.82) is 0 Å². The maximum atomic E-state index is 13.5. The van der Waals surface area contributed by atoms with Gasteiger partial charge in [0.05, 0.1) is 26.3 Å². The Balaban J connectivity index is 1.64. The molecule has 2 atom stereocenters. The van der Waals surface area contributed by atoms with E-state index in [2.05, 4.69) is 9.72 Å². The van der Waals surface area contributed by atoms with Gasteiger partial charge >= 0.3 is 12.7 Å². The third-order valence-electron chi connectivity index (χ3n) is 6.25. The lowest BCUT2D eigenvalue weighted by molar-refractivity contribution is -0.124. The van der Waals surface area contributed by atoms with Gasteiger partial charge in [0.25, 0.3) is 5.91 Å². The summed E-state index contributed by atoms with van der Waals surface area (Å²) in [5.74, 6) is -1.15. The summed E-state index contributed by atoms with van der Waals surface area (Å²) in [5, 5.41) is 0. The normalized spacial score (nSPS) is 18.3. The number of carbonyl (C=O) groups is 3. The zero-order chi connectivity index (χ0) is 27.6. The first-order valence-corrected chi connectivity index (χ1v) is 12.0. The molecule has 1 aromatic carbocycles. The fraction of sp³-hybridized carbons (Fsp3) is 0.500. The van der Waals surface area contributed by atoms with E-state index in [1.54, 1.807) is 6.92 Å². The van der Waals surface area contributed by atoms with Crippen LogP contribution in [-0.4, -0.2) is 78.7 Å². The predicted octanol–water partition coefficient (Wildman–Crippen LogP) is 2.13. The van der Waals surface area contributed by atoms with Gasteiger partial charge in [0, 0.05) is 18.7 Å². The molecule has 1 aliphatic carbocycles. The number of oxazole rings is 1. The first kappa shape index (κ1) is 27.1. The van der Waals surface area contributed by atoms with Gasteiger partial charge in [-0.05, 0) is 43.9 Å². The number of nitrogens with zero attached hydrogens (tertiary/aromatic N) is 3. The molecular formula is C24H29F2N5O7. The van der Waals surface area contributed by atoms with Crippen LogP contribution < -0.4 is 20.9 Å². The molecule has 2 fully saturated rings.